The molecule has 0 bridgehead atoms. The van der Waals surface area contributed by atoms with Gasteiger partial charge in [0.25, 0.3) is 11.8 Å². The van der Waals surface area contributed by atoms with E-state index in [9.17, 15) is 24.0 Å². The molecule has 162 valence electrons. The Hall–Kier alpha value is -2.65. The van der Waals surface area contributed by atoms with E-state index in [0.717, 1.165) is 24.2 Å². The standard InChI is InChI=1S/C19H30N4O6/c1-11-8-6-7-9-19(11)15(26)23(17(28)22-19)10-13(24)29-12(2)14(25)20-16(27)21-18(3,4)5/h11-12H,6-10H2,1-5H3,(H,22,28)(H2,20,21,25,27). The Kier molecular flexibility index (Phi) is 6.54. The predicted octanol–water partition coefficient (Wildman–Crippen LogP) is 1.04. The largest absolute Gasteiger partial charge is 0.451 e. The lowest BCUT2D eigenvalue weighted by Gasteiger charge is -2.36. The molecule has 6 amide bonds. The number of nitrogens with zero attached hydrogens (tertiary/aromatic N) is 1. The molecule has 1 saturated carbocycles. The summed E-state index contributed by atoms with van der Waals surface area (Å²) in [6, 6.07) is -1.35. The van der Waals surface area contributed by atoms with Crippen molar-refractivity contribution < 1.29 is 28.7 Å². The Morgan fingerprint density at radius 2 is 1.93 bits per heavy atom. The van der Waals surface area contributed by atoms with E-state index in [1.807, 2.05) is 6.92 Å². The molecule has 1 heterocycles. The van der Waals surface area contributed by atoms with Crippen LogP contribution in [0, 0.1) is 5.92 Å². The molecular formula is C19H30N4O6. The molecule has 0 radical (unpaired) electrons. The van der Waals surface area contributed by atoms with Gasteiger partial charge in [0.15, 0.2) is 6.10 Å². The number of imide groups is 2. The van der Waals surface area contributed by atoms with Crippen LogP contribution in [0.2, 0.25) is 0 Å². The van der Waals surface area contributed by atoms with E-state index in [1.165, 1.54) is 6.92 Å². The van der Waals surface area contributed by atoms with Gasteiger partial charge in [-0.25, -0.2) is 9.59 Å². The van der Waals surface area contributed by atoms with Gasteiger partial charge in [-0.15, -0.1) is 0 Å². The molecule has 2 fully saturated rings. The van der Waals surface area contributed by atoms with Crippen molar-refractivity contribution in [1.82, 2.24) is 20.9 Å². The first-order valence-electron chi connectivity index (χ1n) is 9.82. The van der Waals surface area contributed by atoms with Gasteiger partial charge in [0.2, 0.25) is 0 Å². The third-order valence-corrected chi connectivity index (χ3v) is 5.19. The van der Waals surface area contributed by atoms with Gasteiger partial charge >= 0.3 is 18.0 Å². The van der Waals surface area contributed by atoms with Gasteiger partial charge in [-0.1, -0.05) is 19.8 Å². The number of carbonyl (C=O) groups is 5. The van der Waals surface area contributed by atoms with Gasteiger partial charge in [-0.2, -0.15) is 0 Å². The first kappa shape index (κ1) is 22.6. The number of rotatable bonds is 4. The van der Waals surface area contributed by atoms with Crippen molar-refractivity contribution in [3.05, 3.63) is 0 Å². The van der Waals surface area contributed by atoms with Crippen LogP contribution in [0.5, 0.6) is 0 Å². The van der Waals surface area contributed by atoms with Crippen LogP contribution in [-0.2, 0) is 19.1 Å². The van der Waals surface area contributed by atoms with Gasteiger partial charge in [0.1, 0.15) is 12.1 Å². The van der Waals surface area contributed by atoms with Crippen LogP contribution in [-0.4, -0.2) is 58.5 Å². The second kappa shape index (κ2) is 8.38. The lowest BCUT2D eigenvalue weighted by molar-refractivity contribution is -0.156. The number of carbonyl (C=O) groups excluding carboxylic acids is 5. The summed E-state index contributed by atoms with van der Waals surface area (Å²) in [5, 5.41) is 7.37. The minimum atomic E-state index is -1.27. The summed E-state index contributed by atoms with van der Waals surface area (Å²) in [6.07, 6.45) is 1.90. The molecule has 10 heteroatoms. The summed E-state index contributed by atoms with van der Waals surface area (Å²) in [5.74, 6) is -2.18. The second-order valence-electron chi connectivity index (χ2n) is 8.77. The van der Waals surface area contributed by atoms with Gasteiger partial charge in [-0.3, -0.25) is 24.6 Å². The van der Waals surface area contributed by atoms with Crippen LogP contribution >= 0.6 is 0 Å². The average molecular weight is 410 g/mol. The fraction of sp³-hybridized carbons (Fsp3) is 0.737. The van der Waals surface area contributed by atoms with Crippen LogP contribution in [0.4, 0.5) is 9.59 Å². The number of amides is 6. The van der Waals surface area contributed by atoms with Gasteiger partial charge < -0.3 is 15.4 Å². The predicted molar refractivity (Wildman–Crippen MR) is 103 cm³/mol. The van der Waals surface area contributed by atoms with Crippen molar-refractivity contribution in [2.75, 3.05) is 6.54 Å². The summed E-state index contributed by atoms with van der Waals surface area (Å²) in [4.78, 5) is 61.9. The summed E-state index contributed by atoms with van der Waals surface area (Å²) in [5.41, 5.74) is -1.51. The first-order valence-corrected chi connectivity index (χ1v) is 9.82. The number of ether oxygens (including phenoxy) is 1. The normalized spacial score (nSPS) is 25.4. The molecule has 2 aliphatic rings. The maximum Gasteiger partial charge on any atom is 0.327 e. The maximum absolute atomic E-state index is 12.8. The average Bonchev–Trinajstić information content (AvgIpc) is 2.80. The third-order valence-electron chi connectivity index (χ3n) is 5.19. The zero-order chi connectivity index (χ0) is 22.0. The third kappa shape index (κ3) is 5.24. The topological polar surface area (TPSA) is 134 Å². The molecule has 3 atom stereocenters. The number of esters is 1. The Labute approximate surface area is 170 Å². The summed E-state index contributed by atoms with van der Waals surface area (Å²) >= 11 is 0. The Morgan fingerprint density at radius 3 is 2.52 bits per heavy atom. The first-order chi connectivity index (χ1) is 13.4. The second-order valence-corrected chi connectivity index (χ2v) is 8.77. The van der Waals surface area contributed by atoms with Gasteiger partial charge in [0.05, 0.1) is 0 Å². The molecule has 0 aromatic carbocycles. The molecule has 3 unspecified atom stereocenters. The van der Waals surface area contributed by atoms with E-state index in [0.29, 0.717) is 6.42 Å². The van der Waals surface area contributed by atoms with Crippen molar-refractivity contribution >= 4 is 29.8 Å². The molecule has 1 aliphatic heterocycles. The zero-order valence-corrected chi connectivity index (χ0v) is 17.6. The Balaban J connectivity index is 1.91. The highest BCUT2D eigenvalue weighted by molar-refractivity contribution is 6.09. The van der Waals surface area contributed by atoms with Crippen LogP contribution in [0.25, 0.3) is 0 Å². The molecule has 2 rings (SSSR count). The monoisotopic (exact) mass is 410 g/mol. The fourth-order valence-corrected chi connectivity index (χ4v) is 3.64. The molecule has 29 heavy (non-hydrogen) atoms. The maximum atomic E-state index is 12.8. The molecular weight excluding hydrogens is 380 g/mol. The van der Waals surface area contributed by atoms with E-state index in [-0.39, 0.29) is 5.92 Å². The number of hydrogen-bond donors (Lipinski definition) is 3. The van der Waals surface area contributed by atoms with Crippen molar-refractivity contribution in [2.24, 2.45) is 5.92 Å². The zero-order valence-electron chi connectivity index (χ0n) is 17.6. The van der Waals surface area contributed by atoms with E-state index >= 15 is 0 Å². The molecule has 1 saturated heterocycles. The van der Waals surface area contributed by atoms with Crippen LogP contribution < -0.4 is 16.0 Å². The Morgan fingerprint density at radius 1 is 1.28 bits per heavy atom. The molecule has 0 aromatic heterocycles. The van der Waals surface area contributed by atoms with Crippen molar-refractivity contribution in [1.29, 1.82) is 0 Å². The van der Waals surface area contributed by atoms with E-state index in [4.69, 9.17) is 4.74 Å². The van der Waals surface area contributed by atoms with Gasteiger partial charge in [0, 0.05) is 5.54 Å². The number of nitrogens with one attached hydrogen (secondary N) is 3. The number of hydrogen-bond acceptors (Lipinski definition) is 6. The molecule has 1 aliphatic carbocycles. The highest BCUT2D eigenvalue weighted by Gasteiger charge is 2.55. The lowest BCUT2D eigenvalue weighted by atomic mass is 9.73. The highest BCUT2D eigenvalue weighted by Crippen LogP contribution is 2.38. The summed E-state index contributed by atoms with van der Waals surface area (Å²) in [7, 11) is 0. The van der Waals surface area contributed by atoms with Crippen LogP contribution in [0.1, 0.15) is 60.3 Å². The van der Waals surface area contributed by atoms with Crippen LogP contribution in [0.3, 0.4) is 0 Å². The minimum Gasteiger partial charge on any atom is -0.451 e. The smallest absolute Gasteiger partial charge is 0.327 e. The molecule has 10 nitrogen and oxygen atoms in total. The van der Waals surface area contributed by atoms with Crippen molar-refractivity contribution in [3.63, 3.8) is 0 Å². The van der Waals surface area contributed by atoms with E-state index in [1.54, 1.807) is 20.8 Å². The molecule has 1 spiro atoms. The Bertz CT molecular complexity index is 716. The quantitative estimate of drug-likeness (QED) is 0.468. The number of urea groups is 2. The van der Waals surface area contributed by atoms with Crippen molar-refractivity contribution in [2.45, 2.75) is 77.5 Å². The van der Waals surface area contributed by atoms with E-state index < -0.39 is 53.6 Å². The molecule has 0 aromatic rings. The minimum absolute atomic E-state index is 0.0280. The van der Waals surface area contributed by atoms with Crippen LogP contribution in [0.15, 0.2) is 0 Å². The molecule has 3 N–H and O–H groups in total. The SMILES string of the molecule is CC(OC(=O)CN1C(=O)NC2(CCCCC2C)C1=O)C(=O)NC(=O)NC(C)(C)C. The fourth-order valence-electron chi connectivity index (χ4n) is 3.64. The summed E-state index contributed by atoms with van der Waals surface area (Å²) < 4.78 is 5.00. The van der Waals surface area contributed by atoms with E-state index in [2.05, 4.69) is 16.0 Å². The summed E-state index contributed by atoms with van der Waals surface area (Å²) in [6.45, 7) is 7.86. The van der Waals surface area contributed by atoms with Crippen molar-refractivity contribution in [3.8, 4) is 0 Å². The van der Waals surface area contributed by atoms with Gasteiger partial charge in [-0.05, 0) is 46.5 Å². The highest BCUT2D eigenvalue weighted by atomic mass is 16.5. The lowest BCUT2D eigenvalue weighted by Crippen LogP contribution is -2.54.